The van der Waals surface area contributed by atoms with Gasteiger partial charge in [0.05, 0.1) is 35.9 Å². The molecule has 0 aromatic carbocycles. The highest BCUT2D eigenvalue weighted by atomic mass is 16.5. The predicted octanol–water partition coefficient (Wildman–Crippen LogP) is 2.88. The average Bonchev–Trinajstić information content (AvgIpc) is 3.18. The van der Waals surface area contributed by atoms with E-state index >= 15 is 0 Å². The van der Waals surface area contributed by atoms with Crippen LogP contribution in [0, 0.1) is 5.92 Å². The molecule has 1 aromatic heterocycles. The molecule has 1 aliphatic heterocycles. The van der Waals surface area contributed by atoms with Gasteiger partial charge in [0.2, 0.25) is 0 Å². The molecule has 2 atom stereocenters. The molecule has 2 aliphatic rings. The molecule has 104 valence electrons. The van der Waals surface area contributed by atoms with E-state index in [2.05, 4.69) is 28.6 Å². The van der Waals surface area contributed by atoms with Gasteiger partial charge in [0.25, 0.3) is 0 Å². The molecule has 0 amide bonds. The van der Waals surface area contributed by atoms with Gasteiger partial charge in [-0.15, -0.1) is 0 Å². The summed E-state index contributed by atoms with van der Waals surface area (Å²) in [6.07, 6.45) is 9.08. The minimum atomic E-state index is 0.409. The first-order valence-corrected chi connectivity index (χ1v) is 7.44. The zero-order valence-corrected chi connectivity index (χ0v) is 11.6. The molecule has 1 saturated carbocycles. The van der Waals surface area contributed by atoms with Gasteiger partial charge >= 0.3 is 0 Å². The van der Waals surface area contributed by atoms with Crippen LogP contribution in [0.3, 0.4) is 0 Å². The van der Waals surface area contributed by atoms with Crippen LogP contribution in [0.2, 0.25) is 0 Å². The van der Waals surface area contributed by atoms with E-state index < -0.39 is 0 Å². The van der Waals surface area contributed by atoms with E-state index in [-0.39, 0.29) is 0 Å². The first kappa shape index (κ1) is 12.7. The average molecular weight is 261 g/mol. The number of nitrogens with one attached hydrogen (secondary N) is 2. The maximum absolute atomic E-state index is 5.86. The summed E-state index contributed by atoms with van der Waals surface area (Å²) in [6.45, 7) is 4.04. The van der Waals surface area contributed by atoms with E-state index in [1.807, 2.05) is 12.4 Å². The molecule has 4 nitrogen and oxygen atoms in total. The quantitative estimate of drug-likeness (QED) is 0.826. The second kappa shape index (κ2) is 5.78. The van der Waals surface area contributed by atoms with Crippen molar-refractivity contribution in [2.45, 2.75) is 44.8 Å². The van der Waals surface area contributed by atoms with Crippen LogP contribution >= 0.6 is 0 Å². The van der Waals surface area contributed by atoms with Crippen molar-refractivity contribution in [3.63, 3.8) is 0 Å². The Morgan fingerprint density at radius 1 is 1.26 bits per heavy atom. The summed E-state index contributed by atoms with van der Waals surface area (Å²) in [5.74, 6) is 0.786. The van der Waals surface area contributed by atoms with Crippen molar-refractivity contribution in [3.05, 3.63) is 18.5 Å². The van der Waals surface area contributed by atoms with Crippen LogP contribution in [0.1, 0.15) is 32.6 Å². The van der Waals surface area contributed by atoms with Gasteiger partial charge in [-0.2, -0.15) is 0 Å². The van der Waals surface area contributed by atoms with Crippen molar-refractivity contribution in [1.29, 1.82) is 0 Å². The molecule has 1 saturated heterocycles. The number of anilines is 2. The van der Waals surface area contributed by atoms with Crippen LogP contribution in [-0.2, 0) is 4.74 Å². The molecule has 1 aliphatic carbocycles. The molecular formula is C15H23N3O. The second-order valence-corrected chi connectivity index (χ2v) is 5.60. The second-order valence-electron chi connectivity index (χ2n) is 5.60. The highest BCUT2D eigenvalue weighted by Crippen LogP contribution is 2.39. The summed E-state index contributed by atoms with van der Waals surface area (Å²) in [5.41, 5.74) is 2.19. The Labute approximate surface area is 115 Å². The molecule has 1 aromatic rings. The van der Waals surface area contributed by atoms with Crippen LogP contribution in [0.25, 0.3) is 0 Å². The van der Waals surface area contributed by atoms with Crippen molar-refractivity contribution in [2.24, 2.45) is 5.92 Å². The normalized spacial score (nSPS) is 26.4. The zero-order valence-electron chi connectivity index (χ0n) is 11.6. The topological polar surface area (TPSA) is 46.2 Å². The maximum atomic E-state index is 5.86. The fraction of sp³-hybridized carbons (Fsp3) is 0.667. The molecule has 19 heavy (non-hydrogen) atoms. The molecule has 4 heteroatoms. The molecule has 0 radical (unpaired) electrons. The Bertz CT molecular complexity index is 420. The minimum absolute atomic E-state index is 0.409. The first-order valence-electron chi connectivity index (χ1n) is 7.44. The van der Waals surface area contributed by atoms with Gasteiger partial charge in [0.1, 0.15) is 0 Å². The minimum Gasteiger partial charge on any atom is -0.384 e. The highest BCUT2D eigenvalue weighted by molar-refractivity contribution is 5.54. The molecule has 3 rings (SSSR count). The van der Waals surface area contributed by atoms with Crippen LogP contribution < -0.4 is 10.6 Å². The number of nitrogens with zero attached hydrogens (tertiary/aromatic N) is 1. The Hall–Kier alpha value is -1.29. The summed E-state index contributed by atoms with van der Waals surface area (Å²) < 4.78 is 5.86. The lowest BCUT2D eigenvalue weighted by Crippen LogP contribution is -2.31. The number of rotatable bonds is 6. The Balaban J connectivity index is 1.62. The lowest BCUT2D eigenvalue weighted by molar-refractivity contribution is 0.0898. The summed E-state index contributed by atoms with van der Waals surface area (Å²) >= 11 is 0. The molecule has 0 bridgehead atoms. The van der Waals surface area contributed by atoms with Crippen molar-refractivity contribution in [1.82, 2.24) is 4.98 Å². The highest BCUT2D eigenvalue weighted by Gasteiger charge is 2.40. The van der Waals surface area contributed by atoms with Gasteiger partial charge in [0.15, 0.2) is 0 Å². The third-order valence-corrected chi connectivity index (χ3v) is 3.89. The van der Waals surface area contributed by atoms with Crippen LogP contribution in [0.4, 0.5) is 11.4 Å². The van der Waals surface area contributed by atoms with Crippen LogP contribution in [-0.4, -0.2) is 30.3 Å². The monoisotopic (exact) mass is 261 g/mol. The van der Waals surface area contributed by atoms with E-state index in [0.29, 0.717) is 12.1 Å². The number of hydrogen-bond acceptors (Lipinski definition) is 4. The van der Waals surface area contributed by atoms with Crippen molar-refractivity contribution in [3.8, 4) is 0 Å². The summed E-state index contributed by atoms with van der Waals surface area (Å²) in [7, 11) is 0. The SMILES string of the molecule is CCCNc1cncc(NC2CCOC2C2CC2)c1. The van der Waals surface area contributed by atoms with Crippen LogP contribution in [0.5, 0.6) is 0 Å². The standard InChI is InChI=1S/C15H23N3O/c1-2-6-17-12-8-13(10-16-9-12)18-14-5-7-19-15(14)11-3-4-11/h8-11,14-15,17-18H,2-7H2,1H3. The van der Waals surface area contributed by atoms with Crippen molar-refractivity contribution >= 4 is 11.4 Å². The smallest absolute Gasteiger partial charge is 0.0804 e. The molecule has 2 heterocycles. The lowest BCUT2D eigenvalue weighted by atomic mass is 10.1. The van der Waals surface area contributed by atoms with Crippen molar-refractivity contribution < 1.29 is 4.74 Å². The van der Waals surface area contributed by atoms with E-state index in [4.69, 9.17) is 4.74 Å². The predicted molar refractivity (Wildman–Crippen MR) is 77.5 cm³/mol. The number of hydrogen-bond donors (Lipinski definition) is 2. The third-order valence-electron chi connectivity index (χ3n) is 3.89. The van der Waals surface area contributed by atoms with Gasteiger partial charge in [-0.25, -0.2) is 0 Å². The molecule has 2 unspecified atom stereocenters. The van der Waals surface area contributed by atoms with E-state index in [1.165, 1.54) is 12.8 Å². The zero-order chi connectivity index (χ0) is 13.1. The van der Waals surface area contributed by atoms with Gasteiger partial charge in [0, 0.05) is 13.2 Å². The Kier molecular flexibility index (Phi) is 3.87. The third kappa shape index (κ3) is 3.18. The molecular weight excluding hydrogens is 238 g/mol. The Morgan fingerprint density at radius 3 is 2.89 bits per heavy atom. The van der Waals surface area contributed by atoms with Crippen molar-refractivity contribution in [2.75, 3.05) is 23.8 Å². The summed E-state index contributed by atoms with van der Waals surface area (Å²) in [5, 5.41) is 6.97. The lowest BCUT2D eigenvalue weighted by Gasteiger charge is -2.20. The maximum Gasteiger partial charge on any atom is 0.0804 e. The molecule has 2 fully saturated rings. The van der Waals surface area contributed by atoms with E-state index in [1.54, 1.807) is 0 Å². The molecule has 0 spiro atoms. The summed E-state index contributed by atoms with van der Waals surface area (Å²) in [4.78, 5) is 4.30. The first-order chi connectivity index (χ1) is 9.36. The molecule has 2 N–H and O–H groups in total. The van der Waals surface area contributed by atoms with Crippen LogP contribution in [0.15, 0.2) is 18.5 Å². The summed E-state index contributed by atoms with van der Waals surface area (Å²) in [6, 6.07) is 2.60. The van der Waals surface area contributed by atoms with E-state index in [9.17, 15) is 0 Å². The van der Waals surface area contributed by atoms with Gasteiger partial charge in [-0.3, -0.25) is 4.98 Å². The van der Waals surface area contributed by atoms with Gasteiger partial charge in [-0.05, 0) is 37.7 Å². The van der Waals surface area contributed by atoms with Gasteiger partial charge < -0.3 is 15.4 Å². The van der Waals surface area contributed by atoms with Gasteiger partial charge in [-0.1, -0.05) is 6.92 Å². The number of pyridine rings is 1. The number of ether oxygens (including phenoxy) is 1. The number of aromatic nitrogens is 1. The Morgan fingerprint density at radius 2 is 2.11 bits per heavy atom. The largest absolute Gasteiger partial charge is 0.384 e. The fourth-order valence-corrected chi connectivity index (χ4v) is 2.75. The van der Waals surface area contributed by atoms with E-state index in [0.717, 1.165) is 43.3 Å². The fourth-order valence-electron chi connectivity index (χ4n) is 2.75.